The zero-order chi connectivity index (χ0) is 17.4. The lowest BCUT2D eigenvalue weighted by molar-refractivity contribution is -0.125. The Morgan fingerprint density at radius 1 is 1.42 bits per heavy atom. The Bertz CT molecular complexity index is 679. The van der Waals surface area contributed by atoms with E-state index in [0.717, 1.165) is 12.0 Å². The Morgan fingerprint density at radius 3 is 2.79 bits per heavy atom. The molecular formula is C17H22N2O4S. The van der Waals surface area contributed by atoms with E-state index in [9.17, 15) is 9.59 Å². The molecule has 1 aromatic rings. The molecule has 0 spiro atoms. The number of hydrogen-bond acceptors (Lipinski definition) is 5. The minimum Gasteiger partial charge on any atom is -0.493 e. The fourth-order valence-electron chi connectivity index (χ4n) is 3.13. The van der Waals surface area contributed by atoms with Crippen LogP contribution in [-0.4, -0.2) is 48.8 Å². The highest BCUT2D eigenvalue weighted by molar-refractivity contribution is 7.99. The van der Waals surface area contributed by atoms with Crippen LogP contribution in [0.2, 0.25) is 0 Å². The smallest absolute Gasteiger partial charge is 0.260 e. The second-order valence-electron chi connectivity index (χ2n) is 6.00. The number of thioether (sulfide) groups is 1. The number of fused-ring (bicyclic) bond motifs is 3. The molecule has 6 nitrogen and oxygen atoms in total. The van der Waals surface area contributed by atoms with Crippen molar-refractivity contribution in [1.82, 2.24) is 10.2 Å². The maximum Gasteiger partial charge on any atom is 0.260 e. The predicted molar refractivity (Wildman–Crippen MR) is 92.6 cm³/mol. The molecule has 3 atom stereocenters. The van der Waals surface area contributed by atoms with Crippen LogP contribution in [0.25, 0.3) is 0 Å². The van der Waals surface area contributed by atoms with E-state index >= 15 is 0 Å². The predicted octanol–water partition coefficient (Wildman–Crippen LogP) is 2.19. The lowest BCUT2D eigenvalue weighted by Crippen LogP contribution is -2.48. The van der Waals surface area contributed by atoms with Crippen LogP contribution < -0.4 is 14.8 Å². The normalized spacial score (nSPS) is 22.8. The van der Waals surface area contributed by atoms with Gasteiger partial charge in [0.15, 0.2) is 11.5 Å². The molecule has 2 aliphatic heterocycles. The summed E-state index contributed by atoms with van der Waals surface area (Å²) in [6.45, 7) is 3.98. The van der Waals surface area contributed by atoms with Crippen LogP contribution in [0.1, 0.15) is 41.6 Å². The van der Waals surface area contributed by atoms with E-state index < -0.39 is 6.04 Å². The maximum absolute atomic E-state index is 13.0. The van der Waals surface area contributed by atoms with Gasteiger partial charge in [0, 0.05) is 17.4 Å². The van der Waals surface area contributed by atoms with E-state index in [-0.39, 0.29) is 23.2 Å². The highest BCUT2D eigenvalue weighted by Crippen LogP contribution is 2.52. The van der Waals surface area contributed by atoms with Gasteiger partial charge in [0.1, 0.15) is 11.4 Å². The Balaban J connectivity index is 1.93. The van der Waals surface area contributed by atoms with Gasteiger partial charge in [-0.05, 0) is 19.4 Å². The Kier molecular flexibility index (Phi) is 4.62. The van der Waals surface area contributed by atoms with Gasteiger partial charge >= 0.3 is 0 Å². The first-order chi connectivity index (χ1) is 11.5. The van der Waals surface area contributed by atoms with Crippen LogP contribution in [0, 0.1) is 0 Å². The van der Waals surface area contributed by atoms with Gasteiger partial charge in [-0.2, -0.15) is 0 Å². The molecule has 1 saturated heterocycles. The van der Waals surface area contributed by atoms with Gasteiger partial charge in [-0.25, -0.2) is 0 Å². The van der Waals surface area contributed by atoms with E-state index in [2.05, 4.69) is 5.32 Å². The molecule has 2 amide bonds. The van der Waals surface area contributed by atoms with E-state index in [1.165, 1.54) is 7.11 Å². The molecule has 7 heteroatoms. The Labute approximate surface area is 145 Å². The van der Waals surface area contributed by atoms with Gasteiger partial charge in [-0.1, -0.05) is 13.0 Å². The molecule has 0 saturated carbocycles. The summed E-state index contributed by atoms with van der Waals surface area (Å²) >= 11 is 1.61. The number of nitrogens with zero attached hydrogens (tertiary/aromatic N) is 1. The van der Waals surface area contributed by atoms with Gasteiger partial charge < -0.3 is 19.7 Å². The second kappa shape index (κ2) is 6.55. The van der Waals surface area contributed by atoms with Crippen molar-refractivity contribution in [1.29, 1.82) is 0 Å². The third kappa shape index (κ3) is 2.51. The first-order valence-electron chi connectivity index (χ1n) is 8.03. The largest absolute Gasteiger partial charge is 0.493 e. The van der Waals surface area contributed by atoms with Gasteiger partial charge in [-0.15, -0.1) is 11.8 Å². The third-order valence-electron chi connectivity index (χ3n) is 4.60. The van der Waals surface area contributed by atoms with E-state index in [0.29, 0.717) is 22.8 Å². The lowest BCUT2D eigenvalue weighted by atomic mass is 10.1. The van der Waals surface area contributed by atoms with Crippen LogP contribution in [-0.2, 0) is 4.79 Å². The topological polar surface area (TPSA) is 67.9 Å². The van der Waals surface area contributed by atoms with Crippen LogP contribution in [0.15, 0.2) is 12.1 Å². The Hall–Kier alpha value is -1.89. The van der Waals surface area contributed by atoms with Crippen molar-refractivity contribution < 1.29 is 19.1 Å². The molecule has 2 aliphatic rings. The van der Waals surface area contributed by atoms with Crippen molar-refractivity contribution >= 4 is 23.6 Å². The molecule has 1 aromatic carbocycles. The maximum atomic E-state index is 13.0. The minimum absolute atomic E-state index is 0.0913. The van der Waals surface area contributed by atoms with Crippen LogP contribution in [0.4, 0.5) is 0 Å². The van der Waals surface area contributed by atoms with Gasteiger partial charge in [0.05, 0.1) is 19.8 Å². The van der Waals surface area contributed by atoms with E-state index in [1.54, 1.807) is 23.8 Å². The fraction of sp³-hybridized carbons (Fsp3) is 0.529. The summed E-state index contributed by atoms with van der Waals surface area (Å²) in [5, 5.41) is 2.84. The summed E-state index contributed by atoms with van der Waals surface area (Å²) in [5.74, 6) is 1.31. The zero-order valence-electron chi connectivity index (χ0n) is 14.3. The summed E-state index contributed by atoms with van der Waals surface area (Å²) in [6.07, 6.45) is 0.855. The molecular weight excluding hydrogens is 328 g/mol. The minimum atomic E-state index is -0.454. The Morgan fingerprint density at radius 2 is 2.17 bits per heavy atom. The molecule has 0 radical (unpaired) electrons. The number of carbonyl (C=O) groups is 2. The molecule has 0 unspecified atom stereocenters. The molecule has 0 aromatic heterocycles. The van der Waals surface area contributed by atoms with Crippen molar-refractivity contribution in [2.45, 2.75) is 37.7 Å². The van der Waals surface area contributed by atoms with Crippen molar-refractivity contribution in [3.05, 3.63) is 23.3 Å². The molecule has 130 valence electrons. The molecule has 0 aliphatic carbocycles. The van der Waals surface area contributed by atoms with Gasteiger partial charge in [0.25, 0.3) is 5.91 Å². The van der Waals surface area contributed by atoms with Crippen molar-refractivity contribution in [2.24, 2.45) is 0 Å². The second-order valence-corrected chi connectivity index (χ2v) is 7.11. The van der Waals surface area contributed by atoms with Crippen molar-refractivity contribution in [3.8, 4) is 11.5 Å². The summed E-state index contributed by atoms with van der Waals surface area (Å²) < 4.78 is 10.7. The lowest BCUT2D eigenvalue weighted by Gasteiger charge is -2.24. The highest BCUT2D eigenvalue weighted by Gasteiger charge is 2.50. The highest BCUT2D eigenvalue weighted by atomic mass is 32.2. The zero-order valence-corrected chi connectivity index (χ0v) is 15.1. The first-order valence-corrected chi connectivity index (χ1v) is 9.07. The quantitative estimate of drug-likeness (QED) is 0.882. The fourth-order valence-corrected chi connectivity index (χ4v) is 4.59. The average molecular weight is 350 g/mol. The number of nitrogens with one attached hydrogen (secondary N) is 1. The van der Waals surface area contributed by atoms with E-state index in [1.807, 2.05) is 26.0 Å². The summed E-state index contributed by atoms with van der Waals surface area (Å²) in [7, 11) is 3.07. The molecule has 1 N–H and O–H groups in total. The van der Waals surface area contributed by atoms with Crippen LogP contribution in [0.5, 0.6) is 11.5 Å². The molecule has 1 fully saturated rings. The van der Waals surface area contributed by atoms with Crippen molar-refractivity contribution in [2.75, 3.05) is 20.0 Å². The number of amides is 2. The molecule has 24 heavy (non-hydrogen) atoms. The number of hydrogen-bond donors (Lipinski definition) is 1. The molecule has 2 heterocycles. The summed E-state index contributed by atoms with van der Waals surface area (Å²) in [4.78, 5) is 27.2. The first kappa shape index (κ1) is 17.0. The number of ether oxygens (including phenoxy) is 2. The number of rotatable bonds is 5. The van der Waals surface area contributed by atoms with Gasteiger partial charge in [-0.3, -0.25) is 9.59 Å². The number of carbonyl (C=O) groups excluding carboxylic acids is 2. The van der Waals surface area contributed by atoms with E-state index in [4.69, 9.17) is 9.47 Å². The van der Waals surface area contributed by atoms with Crippen LogP contribution >= 0.6 is 11.8 Å². The third-order valence-corrected chi connectivity index (χ3v) is 5.90. The summed E-state index contributed by atoms with van der Waals surface area (Å²) in [5.41, 5.74) is 1.40. The monoisotopic (exact) mass is 350 g/mol. The number of methoxy groups -OCH3 is 2. The molecule has 0 bridgehead atoms. The summed E-state index contributed by atoms with van der Waals surface area (Å²) in [6, 6.07) is 3.34. The number of benzene rings is 1. The molecule has 3 rings (SSSR count). The van der Waals surface area contributed by atoms with Gasteiger partial charge in [0.2, 0.25) is 5.91 Å². The van der Waals surface area contributed by atoms with Crippen LogP contribution in [0.3, 0.4) is 0 Å². The standard InChI is InChI=1S/C17H22N2O4S/c1-5-9(2)18-15(20)11-8-24-17-10-6-7-12(22-3)14(23-4)13(10)16(21)19(11)17/h6-7,9,11,17H,5,8H2,1-4H3,(H,18,20)/t9-,11+,17-/m1/s1. The average Bonchev–Trinajstić information content (AvgIpc) is 3.14. The van der Waals surface area contributed by atoms with Crippen molar-refractivity contribution in [3.63, 3.8) is 0 Å². The SMILES string of the molecule is CC[C@@H](C)NC(=O)[C@@H]1CS[C@@H]2c3ccc(OC)c(OC)c3C(=O)N21.